The fraction of sp³-hybridized carbons (Fsp3) is 0.333. The van der Waals surface area contributed by atoms with Crippen LogP contribution in [0.5, 0.6) is 5.75 Å². The molecule has 0 radical (unpaired) electrons. The molecule has 0 amide bonds. The first kappa shape index (κ1) is 9.69. The van der Waals surface area contributed by atoms with Gasteiger partial charge in [0.1, 0.15) is 5.75 Å². The first-order chi connectivity index (χ1) is 5.77. The summed E-state index contributed by atoms with van der Waals surface area (Å²) in [4.78, 5) is 0. The molecule has 1 rings (SSSR count). The van der Waals surface area contributed by atoms with E-state index in [-0.39, 0.29) is 0 Å². The minimum atomic E-state index is 0.416. The maximum absolute atomic E-state index is 5.86. The first-order valence-electron chi connectivity index (χ1n) is 3.75. The summed E-state index contributed by atoms with van der Waals surface area (Å²) in [7, 11) is 0. The number of hydrogen-bond acceptors (Lipinski definition) is 1. The van der Waals surface area contributed by atoms with Crippen molar-refractivity contribution in [3.8, 4) is 5.75 Å². The van der Waals surface area contributed by atoms with E-state index in [1.54, 1.807) is 6.07 Å². The van der Waals surface area contributed by atoms with E-state index in [1.807, 2.05) is 19.1 Å². The van der Waals surface area contributed by atoms with Crippen LogP contribution in [0.15, 0.2) is 18.2 Å². The first-order valence-corrected chi connectivity index (χ1v) is 4.66. The van der Waals surface area contributed by atoms with Crippen LogP contribution in [-0.2, 0) is 5.88 Å². The fourth-order valence-corrected chi connectivity index (χ4v) is 1.38. The van der Waals surface area contributed by atoms with Gasteiger partial charge in [0.2, 0.25) is 0 Å². The molecule has 0 saturated heterocycles. The molecule has 0 aromatic heterocycles. The zero-order valence-corrected chi connectivity index (χ0v) is 8.32. The predicted molar refractivity (Wildman–Crippen MR) is 52.2 cm³/mol. The van der Waals surface area contributed by atoms with Crippen LogP contribution in [0.2, 0.25) is 5.02 Å². The molecule has 0 aliphatic carbocycles. The Morgan fingerprint density at radius 3 is 2.75 bits per heavy atom. The largest absolute Gasteiger partial charge is 0.494 e. The average Bonchev–Trinajstić information content (AvgIpc) is 2.09. The van der Waals surface area contributed by atoms with Crippen LogP contribution < -0.4 is 4.74 Å². The van der Waals surface area contributed by atoms with E-state index in [0.717, 1.165) is 11.3 Å². The van der Waals surface area contributed by atoms with E-state index < -0.39 is 0 Å². The topological polar surface area (TPSA) is 9.23 Å². The van der Waals surface area contributed by atoms with Crippen LogP contribution in [0.25, 0.3) is 0 Å². The maximum atomic E-state index is 5.86. The van der Waals surface area contributed by atoms with Crippen molar-refractivity contribution in [1.29, 1.82) is 0 Å². The smallest absolute Gasteiger partial charge is 0.119 e. The van der Waals surface area contributed by atoms with Crippen LogP contribution in [0.4, 0.5) is 0 Å². The standard InChI is InChI=1S/C9H10Cl2O/c1-2-12-8-3-4-9(11)7(5-8)6-10/h3-5H,2,6H2,1H3. The molecule has 66 valence electrons. The Morgan fingerprint density at radius 1 is 1.42 bits per heavy atom. The van der Waals surface area contributed by atoms with Gasteiger partial charge in [0.05, 0.1) is 6.61 Å². The molecule has 0 unspecified atom stereocenters. The van der Waals surface area contributed by atoms with Crippen LogP contribution in [0, 0.1) is 0 Å². The zero-order chi connectivity index (χ0) is 8.97. The molecule has 0 aliphatic heterocycles. The number of halogens is 2. The Kier molecular flexibility index (Phi) is 3.70. The van der Waals surface area contributed by atoms with Crippen molar-refractivity contribution < 1.29 is 4.74 Å². The molecule has 0 fully saturated rings. The predicted octanol–water partition coefficient (Wildman–Crippen LogP) is 3.48. The summed E-state index contributed by atoms with van der Waals surface area (Å²) in [6.45, 7) is 2.60. The molecule has 0 spiro atoms. The Balaban J connectivity index is 2.89. The van der Waals surface area contributed by atoms with Crippen molar-refractivity contribution in [3.05, 3.63) is 28.8 Å². The third kappa shape index (κ3) is 2.29. The highest BCUT2D eigenvalue weighted by Gasteiger charge is 2.00. The Morgan fingerprint density at radius 2 is 2.17 bits per heavy atom. The van der Waals surface area contributed by atoms with Crippen molar-refractivity contribution in [1.82, 2.24) is 0 Å². The van der Waals surface area contributed by atoms with Gasteiger partial charge in [-0.3, -0.25) is 0 Å². The molecule has 0 N–H and O–H groups in total. The number of hydrogen-bond donors (Lipinski definition) is 0. The van der Waals surface area contributed by atoms with E-state index in [1.165, 1.54) is 0 Å². The monoisotopic (exact) mass is 204 g/mol. The molecular weight excluding hydrogens is 195 g/mol. The third-order valence-electron chi connectivity index (χ3n) is 1.47. The Hall–Kier alpha value is -0.400. The van der Waals surface area contributed by atoms with Gasteiger partial charge in [-0.05, 0) is 30.7 Å². The number of benzene rings is 1. The second-order valence-electron chi connectivity index (χ2n) is 2.32. The lowest BCUT2D eigenvalue weighted by Gasteiger charge is -2.05. The summed E-state index contributed by atoms with van der Waals surface area (Å²) in [5, 5.41) is 0.688. The highest BCUT2D eigenvalue weighted by Crippen LogP contribution is 2.23. The van der Waals surface area contributed by atoms with Crippen molar-refractivity contribution in [2.45, 2.75) is 12.8 Å². The van der Waals surface area contributed by atoms with E-state index in [9.17, 15) is 0 Å². The molecule has 0 atom stereocenters. The highest BCUT2D eigenvalue weighted by molar-refractivity contribution is 6.32. The lowest BCUT2D eigenvalue weighted by Crippen LogP contribution is -1.92. The second kappa shape index (κ2) is 4.58. The molecule has 1 aromatic rings. The lowest BCUT2D eigenvalue weighted by molar-refractivity contribution is 0.340. The second-order valence-corrected chi connectivity index (χ2v) is 2.99. The molecule has 0 bridgehead atoms. The Bertz CT molecular complexity index is 261. The van der Waals surface area contributed by atoms with Gasteiger partial charge in [0.25, 0.3) is 0 Å². The van der Waals surface area contributed by atoms with Crippen molar-refractivity contribution in [2.75, 3.05) is 6.61 Å². The SMILES string of the molecule is CCOc1ccc(Cl)c(CCl)c1. The fourth-order valence-electron chi connectivity index (χ4n) is 0.910. The van der Waals surface area contributed by atoms with Crippen LogP contribution in [-0.4, -0.2) is 6.61 Å². The van der Waals surface area contributed by atoms with Crippen molar-refractivity contribution in [2.24, 2.45) is 0 Å². The quantitative estimate of drug-likeness (QED) is 0.686. The lowest BCUT2D eigenvalue weighted by atomic mass is 10.2. The summed E-state index contributed by atoms with van der Waals surface area (Å²) in [6, 6.07) is 5.49. The minimum Gasteiger partial charge on any atom is -0.494 e. The van der Waals surface area contributed by atoms with Crippen molar-refractivity contribution in [3.63, 3.8) is 0 Å². The maximum Gasteiger partial charge on any atom is 0.119 e. The van der Waals surface area contributed by atoms with Gasteiger partial charge < -0.3 is 4.74 Å². The van der Waals surface area contributed by atoms with Gasteiger partial charge >= 0.3 is 0 Å². The van der Waals surface area contributed by atoms with E-state index in [0.29, 0.717) is 17.5 Å². The summed E-state index contributed by atoms with van der Waals surface area (Å²) in [5.41, 5.74) is 0.907. The van der Waals surface area contributed by atoms with Crippen LogP contribution in [0.1, 0.15) is 12.5 Å². The van der Waals surface area contributed by atoms with Gasteiger partial charge in [0.15, 0.2) is 0 Å². The Labute approximate surface area is 82.2 Å². The number of rotatable bonds is 3. The molecule has 0 heterocycles. The van der Waals surface area contributed by atoms with Gasteiger partial charge in [-0.1, -0.05) is 11.6 Å². The molecule has 1 nitrogen and oxygen atoms in total. The normalized spacial score (nSPS) is 9.92. The zero-order valence-electron chi connectivity index (χ0n) is 6.81. The third-order valence-corrected chi connectivity index (χ3v) is 2.13. The average molecular weight is 205 g/mol. The minimum absolute atomic E-state index is 0.416. The van der Waals surface area contributed by atoms with E-state index in [2.05, 4.69) is 0 Å². The van der Waals surface area contributed by atoms with E-state index in [4.69, 9.17) is 27.9 Å². The van der Waals surface area contributed by atoms with Crippen molar-refractivity contribution >= 4 is 23.2 Å². The molecule has 12 heavy (non-hydrogen) atoms. The molecular formula is C9H10Cl2O. The van der Waals surface area contributed by atoms with Gasteiger partial charge in [-0.15, -0.1) is 11.6 Å². The summed E-state index contributed by atoms with van der Waals surface area (Å²) in [5.74, 6) is 1.23. The molecule has 0 saturated carbocycles. The highest BCUT2D eigenvalue weighted by atomic mass is 35.5. The summed E-state index contributed by atoms with van der Waals surface area (Å²) < 4.78 is 5.29. The molecule has 0 aliphatic rings. The van der Waals surface area contributed by atoms with Crippen LogP contribution in [0.3, 0.4) is 0 Å². The van der Waals surface area contributed by atoms with Gasteiger partial charge in [0, 0.05) is 10.9 Å². The molecule has 3 heteroatoms. The number of ether oxygens (including phenoxy) is 1. The van der Waals surface area contributed by atoms with Gasteiger partial charge in [-0.2, -0.15) is 0 Å². The summed E-state index contributed by atoms with van der Waals surface area (Å²) >= 11 is 11.5. The van der Waals surface area contributed by atoms with Gasteiger partial charge in [-0.25, -0.2) is 0 Å². The van der Waals surface area contributed by atoms with E-state index >= 15 is 0 Å². The van der Waals surface area contributed by atoms with Crippen LogP contribution >= 0.6 is 23.2 Å². The molecule has 1 aromatic carbocycles. The summed E-state index contributed by atoms with van der Waals surface area (Å²) in [6.07, 6.45) is 0. The number of alkyl halides is 1.